The topological polar surface area (TPSA) is 94.4 Å². The number of isothiocyanates is 1. The van der Waals surface area contributed by atoms with E-state index in [0.29, 0.717) is 0 Å². The molecular weight excluding hydrogens is 728 g/mol. The molecule has 2 N–H and O–H groups in total. The Hall–Kier alpha value is 0.0364. The molecule has 0 aliphatic carbocycles. The van der Waals surface area contributed by atoms with Gasteiger partial charge in [-0.1, -0.05) is 147 Å². The summed E-state index contributed by atoms with van der Waals surface area (Å²) in [6.45, 7) is 0. The maximum absolute atomic E-state index is 11.7. The van der Waals surface area contributed by atoms with Gasteiger partial charge in [-0.25, -0.2) is 10.3 Å². The standard InChI is InChI=1S/C12H9Cl3N2OS.C11H9Cl4NO.CHNS.K/c13-12(14,15)11(16-8-19)17-10(18)7-6-9-4-2-1-3-5-9;12-10(11(13,14)15)16-9(17)7-6-8-4-2-1-3-5-8;2-1-3;/h1-7,11H,(H,17,18);1-7,10H,(H,16,17);3H;/q;;;+1/p-1/b2*7-6+;;. The fraction of sp³-hybridized carbons (Fsp3) is 0.167. The molecule has 2 atom stereocenters. The predicted molar refractivity (Wildman–Crippen MR) is 169 cm³/mol. The van der Waals surface area contributed by atoms with E-state index in [-0.39, 0.29) is 51.4 Å². The van der Waals surface area contributed by atoms with Gasteiger partial charge in [0.25, 0.3) is 0 Å². The Morgan fingerprint density at radius 3 is 1.55 bits per heavy atom. The Bertz CT molecular complexity index is 1180. The van der Waals surface area contributed by atoms with Crippen LogP contribution in [-0.4, -0.2) is 36.2 Å². The van der Waals surface area contributed by atoms with E-state index in [1.54, 1.807) is 12.2 Å². The summed E-state index contributed by atoms with van der Waals surface area (Å²) in [5, 5.41) is 15.3. The number of thiocyanates is 1. The molecule has 2 unspecified atom stereocenters. The first-order valence-corrected chi connectivity index (χ1v) is 13.7. The quantitative estimate of drug-likeness (QED) is 0.0642. The monoisotopic (exact) mass is 742 g/mol. The molecule has 2 aromatic rings. The van der Waals surface area contributed by atoms with Crippen LogP contribution in [0.25, 0.3) is 12.2 Å². The van der Waals surface area contributed by atoms with Crippen molar-refractivity contribution in [3.63, 3.8) is 0 Å². The van der Waals surface area contributed by atoms with Gasteiger partial charge in [0.15, 0.2) is 11.7 Å². The van der Waals surface area contributed by atoms with Crippen molar-refractivity contribution in [2.75, 3.05) is 0 Å². The van der Waals surface area contributed by atoms with Gasteiger partial charge in [0.05, 0.1) is 5.16 Å². The maximum atomic E-state index is 11.7. The molecule has 2 aromatic carbocycles. The van der Waals surface area contributed by atoms with Gasteiger partial charge in [0.2, 0.25) is 19.4 Å². The van der Waals surface area contributed by atoms with Gasteiger partial charge in [-0.3, -0.25) is 9.59 Å². The fourth-order valence-electron chi connectivity index (χ4n) is 2.15. The van der Waals surface area contributed by atoms with Gasteiger partial charge in [-0.15, -0.1) is 0 Å². The van der Waals surface area contributed by atoms with E-state index in [2.05, 4.69) is 45.6 Å². The Morgan fingerprint density at radius 1 is 0.850 bits per heavy atom. The van der Waals surface area contributed by atoms with Gasteiger partial charge in [-0.05, 0) is 35.5 Å². The van der Waals surface area contributed by atoms with Crippen molar-refractivity contribution < 1.29 is 61.0 Å². The van der Waals surface area contributed by atoms with Crippen LogP contribution < -0.4 is 62.0 Å². The van der Waals surface area contributed by atoms with Gasteiger partial charge in [0, 0.05) is 12.2 Å². The number of amides is 2. The second-order valence-corrected chi connectivity index (χ2v) is 12.2. The average molecular weight is 746 g/mol. The summed E-state index contributed by atoms with van der Waals surface area (Å²) in [4.78, 5) is 26.7. The third-order valence-corrected chi connectivity index (χ3v) is 5.93. The van der Waals surface area contributed by atoms with Crippen molar-refractivity contribution in [3.8, 4) is 5.40 Å². The van der Waals surface area contributed by atoms with E-state index in [9.17, 15) is 9.59 Å². The van der Waals surface area contributed by atoms with Gasteiger partial charge < -0.3 is 23.3 Å². The van der Waals surface area contributed by atoms with Crippen LogP contribution in [0.2, 0.25) is 0 Å². The molecular formula is C24H18Cl7KN4O2S2. The average Bonchev–Trinajstić information content (AvgIpc) is 2.87. The summed E-state index contributed by atoms with van der Waals surface area (Å²) in [5.41, 5.74) is 0.685. The minimum absolute atomic E-state index is 0. The number of alkyl halides is 7. The number of nitrogens with one attached hydrogen (secondary N) is 2. The van der Waals surface area contributed by atoms with Crippen LogP contribution in [0.4, 0.5) is 0 Å². The molecule has 16 heteroatoms. The molecule has 0 aliphatic rings. The molecule has 0 saturated carbocycles. The predicted octanol–water partition coefficient (Wildman–Crippen LogP) is 4.38. The van der Waals surface area contributed by atoms with Crippen LogP contribution in [0, 0.1) is 10.7 Å². The summed E-state index contributed by atoms with van der Waals surface area (Å²) in [6.07, 6.45) is 4.82. The summed E-state index contributed by atoms with van der Waals surface area (Å²) >= 11 is 47.3. The van der Waals surface area contributed by atoms with Crippen molar-refractivity contribution in [2.45, 2.75) is 19.3 Å². The zero-order chi connectivity index (χ0) is 29.9. The number of aliphatic imine (C=N–C) groups is 1. The van der Waals surface area contributed by atoms with Crippen molar-refractivity contribution in [1.29, 1.82) is 5.26 Å². The van der Waals surface area contributed by atoms with Crippen LogP contribution in [0.15, 0.2) is 77.8 Å². The van der Waals surface area contributed by atoms with Crippen LogP contribution in [0.1, 0.15) is 11.1 Å². The first kappa shape index (κ1) is 42.2. The number of thiocarbonyl (C=S) groups is 1. The molecule has 0 aromatic heterocycles. The number of hydrogen-bond acceptors (Lipinski definition) is 6. The third kappa shape index (κ3) is 21.7. The van der Waals surface area contributed by atoms with Crippen LogP contribution in [-0.2, 0) is 22.2 Å². The molecule has 2 rings (SSSR count). The minimum atomic E-state index is -1.79. The van der Waals surface area contributed by atoms with E-state index in [1.165, 1.54) is 17.6 Å². The number of halogens is 7. The second-order valence-electron chi connectivity index (χ2n) is 6.67. The van der Waals surface area contributed by atoms with Gasteiger partial charge in [0.1, 0.15) is 0 Å². The van der Waals surface area contributed by atoms with E-state index < -0.39 is 31.1 Å². The number of benzene rings is 2. The van der Waals surface area contributed by atoms with Crippen molar-refractivity contribution >= 4 is 135 Å². The van der Waals surface area contributed by atoms with E-state index >= 15 is 0 Å². The number of hydrogen-bond donors (Lipinski definition) is 2. The number of carbonyl (C=O) groups is 2. The Morgan fingerprint density at radius 2 is 1.23 bits per heavy atom. The first-order valence-electron chi connectivity index (χ1n) is 10.2. The number of carbonyl (C=O) groups excluding carboxylic acids is 2. The minimum Gasteiger partial charge on any atom is -0.696 e. The molecule has 6 nitrogen and oxygen atoms in total. The number of nitriles is 1. The van der Waals surface area contributed by atoms with Crippen molar-refractivity contribution in [3.05, 3.63) is 83.9 Å². The molecule has 0 spiro atoms. The SMILES string of the molecule is N#C[S-].O=C(/C=C/c1ccccc1)NC(Cl)C(Cl)(Cl)Cl.O=C(/C=C/c1ccccc1)NC(N=C=S)C(Cl)(Cl)Cl.[K+]. The summed E-state index contributed by atoms with van der Waals surface area (Å²) in [6, 6.07) is 18.6. The molecule has 0 bridgehead atoms. The normalized spacial score (nSPS) is 12.1. The summed E-state index contributed by atoms with van der Waals surface area (Å²) in [7, 11) is 0. The smallest absolute Gasteiger partial charge is 0.696 e. The van der Waals surface area contributed by atoms with Gasteiger partial charge >= 0.3 is 51.4 Å². The van der Waals surface area contributed by atoms with Gasteiger partial charge in [-0.2, -0.15) is 0 Å². The van der Waals surface area contributed by atoms with Crippen molar-refractivity contribution in [1.82, 2.24) is 10.6 Å². The largest absolute Gasteiger partial charge is 1.00 e. The summed E-state index contributed by atoms with van der Waals surface area (Å²) < 4.78 is -3.53. The molecule has 40 heavy (non-hydrogen) atoms. The zero-order valence-electron chi connectivity index (χ0n) is 20.4. The number of rotatable bonds is 7. The van der Waals surface area contributed by atoms with Crippen LogP contribution in [0.3, 0.4) is 0 Å². The van der Waals surface area contributed by atoms with Crippen molar-refractivity contribution in [2.24, 2.45) is 4.99 Å². The molecule has 208 valence electrons. The van der Waals surface area contributed by atoms with E-state index in [4.69, 9.17) is 86.5 Å². The summed E-state index contributed by atoms with van der Waals surface area (Å²) in [5.74, 6) is -0.880. The van der Waals surface area contributed by atoms with E-state index in [0.717, 1.165) is 11.1 Å². The molecule has 0 saturated heterocycles. The molecule has 0 heterocycles. The van der Waals surface area contributed by atoms with Crippen LogP contribution in [0.5, 0.6) is 0 Å². The molecule has 0 fully saturated rings. The Kier molecular flexibility index (Phi) is 24.8. The Balaban J connectivity index is 0. The first-order chi connectivity index (χ1) is 18.2. The van der Waals surface area contributed by atoms with E-state index in [1.807, 2.05) is 60.7 Å². The molecule has 2 amide bonds. The Labute approximate surface area is 321 Å². The second kappa shape index (κ2) is 23.5. The number of nitrogens with zero attached hydrogens (tertiary/aromatic N) is 2. The van der Waals surface area contributed by atoms with Crippen LogP contribution >= 0.6 is 93.4 Å². The molecule has 0 aliphatic heterocycles. The molecule has 0 radical (unpaired) electrons. The fourth-order valence-corrected chi connectivity index (χ4v) is 2.84. The maximum Gasteiger partial charge on any atom is 1.00 e. The zero-order valence-corrected chi connectivity index (χ0v) is 30.5. The third-order valence-electron chi connectivity index (χ3n) is 3.78.